The van der Waals surface area contributed by atoms with Crippen LogP contribution in [0.2, 0.25) is 0 Å². The van der Waals surface area contributed by atoms with Gasteiger partial charge in [-0.2, -0.15) is 0 Å². The third-order valence-corrected chi connectivity index (χ3v) is 4.21. The van der Waals surface area contributed by atoms with E-state index < -0.39 is 0 Å². The maximum atomic E-state index is 12.6. The van der Waals surface area contributed by atoms with E-state index in [0.717, 1.165) is 12.1 Å². The van der Waals surface area contributed by atoms with Crippen LogP contribution in [0.4, 0.5) is 11.4 Å². The molecule has 0 atom stereocenters. The molecule has 0 bridgehead atoms. The summed E-state index contributed by atoms with van der Waals surface area (Å²) in [4.78, 5) is 38.1. The summed E-state index contributed by atoms with van der Waals surface area (Å²) in [6.07, 6.45) is 1.38. The van der Waals surface area contributed by atoms with Crippen LogP contribution in [0.1, 0.15) is 40.5 Å². The van der Waals surface area contributed by atoms with Crippen molar-refractivity contribution in [2.75, 3.05) is 23.3 Å². The van der Waals surface area contributed by atoms with Crippen molar-refractivity contribution < 1.29 is 14.4 Å². The number of nitrogens with one attached hydrogen (secondary N) is 2. The van der Waals surface area contributed by atoms with Gasteiger partial charge in [-0.05, 0) is 49.7 Å². The average molecular weight is 351 g/mol. The summed E-state index contributed by atoms with van der Waals surface area (Å²) in [5.74, 6) is -0.387. The van der Waals surface area contributed by atoms with Crippen LogP contribution in [0.15, 0.2) is 48.5 Å². The second-order valence-electron chi connectivity index (χ2n) is 6.09. The van der Waals surface area contributed by atoms with Crippen LogP contribution in [0.5, 0.6) is 0 Å². The Labute approximate surface area is 152 Å². The number of carbonyl (C=O) groups excluding carboxylic acids is 3. The summed E-state index contributed by atoms with van der Waals surface area (Å²) in [5, 5.41) is 5.53. The first-order valence-corrected chi connectivity index (χ1v) is 8.68. The Morgan fingerprint density at radius 1 is 1.04 bits per heavy atom. The summed E-state index contributed by atoms with van der Waals surface area (Å²) in [6.45, 7) is 3.07. The minimum Gasteiger partial charge on any atom is -0.352 e. The molecule has 1 heterocycles. The van der Waals surface area contributed by atoms with Gasteiger partial charge in [0.15, 0.2) is 0 Å². The lowest BCUT2D eigenvalue weighted by molar-refractivity contribution is -0.117. The third-order valence-electron chi connectivity index (χ3n) is 4.21. The zero-order valence-electron chi connectivity index (χ0n) is 14.6. The summed E-state index contributed by atoms with van der Waals surface area (Å²) in [6, 6.07) is 13.8. The first-order chi connectivity index (χ1) is 12.6. The van der Waals surface area contributed by atoms with Gasteiger partial charge in [0, 0.05) is 42.0 Å². The molecule has 1 aliphatic heterocycles. The lowest BCUT2D eigenvalue weighted by Crippen LogP contribution is -2.24. The van der Waals surface area contributed by atoms with E-state index in [1.807, 2.05) is 13.0 Å². The SMILES string of the molecule is CCNC(=O)c1cccc(NC(=O)c2cccc(N3CCCC3=O)c2)c1. The molecule has 0 saturated carbocycles. The van der Waals surface area contributed by atoms with Gasteiger partial charge in [-0.1, -0.05) is 12.1 Å². The average Bonchev–Trinajstić information content (AvgIpc) is 3.08. The number of rotatable bonds is 5. The van der Waals surface area contributed by atoms with Gasteiger partial charge < -0.3 is 15.5 Å². The second-order valence-corrected chi connectivity index (χ2v) is 6.09. The third kappa shape index (κ3) is 3.91. The molecule has 2 aromatic carbocycles. The Kier molecular flexibility index (Phi) is 5.31. The number of amides is 3. The van der Waals surface area contributed by atoms with Crippen molar-refractivity contribution in [3.63, 3.8) is 0 Å². The van der Waals surface area contributed by atoms with Crippen molar-refractivity contribution in [1.82, 2.24) is 5.32 Å². The number of carbonyl (C=O) groups is 3. The van der Waals surface area contributed by atoms with Crippen LogP contribution in [0.3, 0.4) is 0 Å². The maximum Gasteiger partial charge on any atom is 0.255 e. The molecule has 2 aromatic rings. The molecule has 1 aliphatic rings. The zero-order chi connectivity index (χ0) is 18.5. The van der Waals surface area contributed by atoms with Crippen LogP contribution < -0.4 is 15.5 Å². The lowest BCUT2D eigenvalue weighted by atomic mass is 10.1. The Morgan fingerprint density at radius 2 is 1.77 bits per heavy atom. The summed E-state index contributed by atoms with van der Waals surface area (Å²) in [5.41, 5.74) is 2.23. The summed E-state index contributed by atoms with van der Waals surface area (Å²) < 4.78 is 0. The highest BCUT2D eigenvalue weighted by Gasteiger charge is 2.22. The van der Waals surface area contributed by atoms with Crippen LogP contribution in [0, 0.1) is 0 Å². The molecule has 0 aromatic heterocycles. The molecule has 6 heteroatoms. The van der Waals surface area contributed by atoms with Gasteiger partial charge in [0.25, 0.3) is 11.8 Å². The number of anilines is 2. The summed E-state index contributed by atoms with van der Waals surface area (Å²) in [7, 11) is 0. The molecular formula is C20H21N3O3. The fraction of sp³-hybridized carbons (Fsp3) is 0.250. The van der Waals surface area contributed by atoms with Gasteiger partial charge in [-0.3, -0.25) is 14.4 Å². The second kappa shape index (κ2) is 7.82. The molecule has 0 spiro atoms. The molecule has 3 amide bonds. The van der Waals surface area contributed by atoms with Crippen LogP contribution in [0.25, 0.3) is 0 Å². The molecule has 2 N–H and O–H groups in total. The monoisotopic (exact) mass is 351 g/mol. The van der Waals surface area contributed by atoms with Crippen molar-refractivity contribution in [2.24, 2.45) is 0 Å². The maximum absolute atomic E-state index is 12.6. The number of hydrogen-bond donors (Lipinski definition) is 2. The normalized spacial score (nSPS) is 13.6. The van der Waals surface area contributed by atoms with Crippen molar-refractivity contribution in [2.45, 2.75) is 19.8 Å². The Bertz CT molecular complexity index is 848. The zero-order valence-corrected chi connectivity index (χ0v) is 14.6. The number of benzene rings is 2. The van der Waals surface area contributed by atoms with E-state index in [0.29, 0.717) is 36.3 Å². The van der Waals surface area contributed by atoms with Gasteiger partial charge in [-0.15, -0.1) is 0 Å². The first kappa shape index (κ1) is 17.7. The molecule has 1 fully saturated rings. The molecular weight excluding hydrogens is 330 g/mol. The predicted octanol–water partition coefficient (Wildman–Crippen LogP) is 2.82. The Hall–Kier alpha value is -3.15. The minimum absolute atomic E-state index is 0.0807. The quantitative estimate of drug-likeness (QED) is 0.869. The molecule has 1 saturated heterocycles. The highest BCUT2D eigenvalue weighted by atomic mass is 16.2. The van der Waals surface area contributed by atoms with E-state index in [1.54, 1.807) is 47.4 Å². The highest BCUT2D eigenvalue weighted by Crippen LogP contribution is 2.23. The minimum atomic E-state index is -0.286. The van der Waals surface area contributed by atoms with Gasteiger partial charge in [0.2, 0.25) is 5.91 Å². The van der Waals surface area contributed by atoms with E-state index >= 15 is 0 Å². The van der Waals surface area contributed by atoms with Crippen LogP contribution in [-0.2, 0) is 4.79 Å². The molecule has 0 unspecified atom stereocenters. The fourth-order valence-corrected chi connectivity index (χ4v) is 2.94. The molecule has 3 rings (SSSR count). The van der Waals surface area contributed by atoms with E-state index in [9.17, 15) is 14.4 Å². The standard InChI is InChI=1S/C20H21N3O3/c1-2-21-19(25)14-6-3-8-16(12-14)22-20(26)15-7-4-9-17(13-15)23-11-5-10-18(23)24/h3-4,6-9,12-13H,2,5,10-11H2,1H3,(H,21,25)(H,22,26). The molecule has 0 radical (unpaired) electrons. The topological polar surface area (TPSA) is 78.5 Å². The fourth-order valence-electron chi connectivity index (χ4n) is 2.94. The van der Waals surface area contributed by atoms with E-state index in [2.05, 4.69) is 10.6 Å². The predicted molar refractivity (Wildman–Crippen MR) is 100 cm³/mol. The number of hydrogen-bond acceptors (Lipinski definition) is 3. The number of nitrogens with zero attached hydrogens (tertiary/aromatic N) is 1. The molecule has 0 aliphatic carbocycles. The van der Waals surface area contributed by atoms with E-state index in [1.165, 1.54) is 0 Å². The van der Waals surface area contributed by atoms with Crippen LogP contribution in [-0.4, -0.2) is 30.8 Å². The molecule has 26 heavy (non-hydrogen) atoms. The van der Waals surface area contributed by atoms with Gasteiger partial charge in [-0.25, -0.2) is 0 Å². The first-order valence-electron chi connectivity index (χ1n) is 8.68. The van der Waals surface area contributed by atoms with Gasteiger partial charge in [0.05, 0.1) is 0 Å². The summed E-state index contributed by atoms with van der Waals surface area (Å²) >= 11 is 0. The lowest BCUT2D eigenvalue weighted by Gasteiger charge is -2.16. The largest absolute Gasteiger partial charge is 0.352 e. The van der Waals surface area contributed by atoms with Gasteiger partial charge in [0.1, 0.15) is 0 Å². The molecule has 134 valence electrons. The Morgan fingerprint density at radius 3 is 2.46 bits per heavy atom. The van der Waals surface area contributed by atoms with Crippen molar-refractivity contribution in [1.29, 1.82) is 0 Å². The van der Waals surface area contributed by atoms with Crippen molar-refractivity contribution in [3.8, 4) is 0 Å². The Balaban J connectivity index is 1.75. The van der Waals surface area contributed by atoms with Crippen molar-refractivity contribution >= 4 is 29.1 Å². The van der Waals surface area contributed by atoms with Crippen molar-refractivity contribution in [3.05, 3.63) is 59.7 Å². The van der Waals surface area contributed by atoms with Crippen LogP contribution >= 0.6 is 0 Å². The van der Waals surface area contributed by atoms with E-state index in [-0.39, 0.29) is 17.7 Å². The molecule has 6 nitrogen and oxygen atoms in total. The van der Waals surface area contributed by atoms with E-state index in [4.69, 9.17) is 0 Å². The van der Waals surface area contributed by atoms with Gasteiger partial charge >= 0.3 is 0 Å². The smallest absolute Gasteiger partial charge is 0.255 e. The highest BCUT2D eigenvalue weighted by molar-refractivity contribution is 6.06.